The molecule has 0 spiro atoms. The zero-order valence-electron chi connectivity index (χ0n) is 18.5. The first kappa shape index (κ1) is 20.8. The lowest BCUT2D eigenvalue weighted by Crippen LogP contribution is -2.53. The van der Waals surface area contributed by atoms with Crippen molar-refractivity contribution in [2.75, 3.05) is 6.54 Å². The standard InChI is InChI=1S/C26H36N2O3/c29-24(28-17-21-5-1-4-8-23(21)31-22-6-2-3-7-22)9-10-27-25(30)26-14-18-11-19(15-26)13-20(12-18)16-26/h1,4-5,8,18-20,22H,2-3,6-7,9-17H2,(H,27,30)(H,28,29). The second-order valence-corrected chi connectivity index (χ2v) is 10.6. The SMILES string of the molecule is O=C(CCNC(=O)C12CC3CC(CC(C3)C1)C2)NCc1ccccc1OC1CCCC1. The smallest absolute Gasteiger partial charge is 0.226 e. The Morgan fingerprint density at radius 2 is 1.58 bits per heavy atom. The van der Waals surface area contributed by atoms with Crippen LogP contribution in [0, 0.1) is 23.2 Å². The summed E-state index contributed by atoms with van der Waals surface area (Å²) in [6.45, 7) is 0.886. The zero-order chi connectivity index (χ0) is 21.3. The number of rotatable bonds is 8. The van der Waals surface area contributed by atoms with E-state index in [1.165, 1.54) is 32.1 Å². The van der Waals surface area contributed by atoms with Crippen LogP contribution in [0.15, 0.2) is 24.3 Å². The van der Waals surface area contributed by atoms with Crippen molar-refractivity contribution in [2.45, 2.75) is 83.3 Å². The van der Waals surface area contributed by atoms with Crippen LogP contribution in [0.5, 0.6) is 5.75 Å². The molecule has 5 fully saturated rings. The summed E-state index contributed by atoms with van der Waals surface area (Å²) in [4.78, 5) is 25.4. The van der Waals surface area contributed by atoms with Gasteiger partial charge >= 0.3 is 0 Å². The number of para-hydroxylation sites is 1. The molecule has 0 heterocycles. The molecule has 0 unspecified atom stereocenters. The number of carbonyl (C=O) groups is 2. The van der Waals surface area contributed by atoms with Crippen molar-refractivity contribution in [1.29, 1.82) is 0 Å². The van der Waals surface area contributed by atoms with Crippen molar-refractivity contribution < 1.29 is 14.3 Å². The van der Waals surface area contributed by atoms with Crippen LogP contribution >= 0.6 is 0 Å². The number of ether oxygens (including phenoxy) is 1. The molecule has 2 amide bonds. The maximum Gasteiger partial charge on any atom is 0.226 e. The monoisotopic (exact) mass is 424 g/mol. The van der Waals surface area contributed by atoms with Crippen LogP contribution < -0.4 is 15.4 Å². The third-order valence-electron chi connectivity index (χ3n) is 8.20. The van der Waals surface area contributed by atoms with Crippen LogP contribution in [0.3, 0.4) is 0 Å². The lowest BCUT2D eigenvalue weighted by Gasteiger charge is -2.55. The predicted octanol–water partition coefficient (Wildman–Crippen LogP) is 4.35. The Balaban J connectivity index is 1.07. The van der Waals surface area contributed by atoms with Crippen molar-refractivity contribution in [1.82, 2.24) is 10.6 Å². The van der Waals surface area contributed by atoms with Gasteiger partial charge in [0.25, 0.3) is 0 Å². The number of carbonyl (C=O) groups excluding carboxylic acids is 2. The van der Waals surface area contributed by atoms with E-state index < -0.39 is 0 Å². The summed E-state index contributed by atoms with van der Waals surface area (Å²) in [5.41, 5.74) is 0.877. The van der Waals surface area contributed by atoms with Crippen LogP contribution in [0.25, 0.3) is 0 Å². The summed E-state index contributed by atoms with van der Waals surface area (Å²) >= 11 is 0. The van der Waals surface area contributed by atoms with Gasteiger partial charge in [-0.15, -0.1) is 0 Å². The van der Waals surface area contributed by atoms with Crippen LogP contribution in [0.1, 0.15) is 76.2 Å². The molecule has 0 aliphatic heterocycles. The molecule has 6 rings (SSSR count). The van der Waals surface area contributed by atoms with Gasteiger partial charge in [0.05, 0.1) is 6.10 Å². The molecule has 5 aliphatic rings. The highest BCUT2D eigenvalue weighted by Gasteiger charge is 2.54. The van der Waals surface area contributed by atoms with Gasteiger partial charge in [-0.2, -0.15) is 0 Å². The zero-order valence-corrected chi connectivity index (χ0v) is 18.5. The summed E-state index contributed by atoms with van der Waals surface area (Å²) in [6.07, 6.45) is 12.5. The highest BCUT2D eigenvalue weighted by molar-refractivity contribution is 5.84. The fraction of sp³-hybridized carbons (Fsp3) is 0.692. The average molecular weight is 425 g/mol. The number of nitrogens with one attached hydrogen (secondary N) is 2. The van der Waals surface area contributed by atoms with Crippen LogP contribution in [0.2, 0.25) is 0 Å². The molecule has 5 heteroatoms. The van der Waals surface area contributed by atoms with E-state index in [1.54, 1.807) is 0 Å². The third kappa shape index (κ3) is 4.61. The van der Waals surface area contributed by atoms with E-state index >= 15 is 0 Å². The lowest BCUT2D eigenvalue weighted by molar-refractivity contribution is -0.146. The van der Waals surface area contributed by atoms with Gasteiger partial charge in [-0.05, 0) is 88.0 Å². The largest absolute Gasteiger partial charge is 0.490 e. The van der Waals surface area contributed by atoms with E-state index in [0.29, 0.717) is 25.6 Å². The molecule has 0 radical (unpaired) electrons. The predicted molar refractivity (Wildman–Crippen MR) is 119 cm³/mol. The van der Waals surface area contributed by atoms with E-state index in [1.807, 2.05) is 24.3 Å². The first-order chi connectivity index (χ1) is 15.1. The van der Waals surface area contributed by atoms with Crippen molar-refractivity contribution in [2.24, 2.45) is 23.2 Å². The number of hydrogen-bond acceptors (Lipinski definition) is 3. The third-order valence-corrected chi connectivity index (χ3v) is 8.20. The highest BCUT2D eigenvalue weighted by atomic mass is 16.5. The van der Waals surface area contributed by atoms with Gasteiger partial charge in [0.1, 0.15) is 5.75 Å². The summed E-state index contributed by atoms with van der Waals surface area (Å²) in [7, 11) is 0. The summed E-state index contributed by atoms with van der Waals surface area (Å²) in [5, 5.41) is 6.11. The van der Waals surface area contributed by atoms with E-state index in [9.17, 15) is 9.59 Å². The van der Waals surface area contributed by atoms with Crippen LogP contribution in [-0.2, 0) is 16.1 Å². The fourth-order valence-corrected chi connectivity index (χ4v) is 7.10. The Labute approximate surface area is 185 Å². The molecule has 31 heavy (non-hydrogen) atoms. The molecule has 5 aliphatic carbocycles. The molecule has 5 saturated carbocycles. The molecular weight excluding hydrogens is 388 g/mol. The van der Waals surface area contributed by atoms with Crippen LogP contribution in [0.4, 0.5) is 0 Å². The van der Waals surface area contributed by atoms with Gasteiger partial charge in [0, 0.05) is 30.5 Å². The average Bonchev–Trinajstić information content (AvgIpc) is 3.25. The number of benzene rings is 1. The number of amides is 2. The normalized spacial score (nSPS) is 31.5. The van der Waals surface area contributed by atoms with Gasteiger partial charge in [-0.3, -0.25) is 9.59 Å². The van der Waals surface area contributed by atoms with E-state index in [0.717, 1.165) is 61.2 Å². The minimum absolute atomic E-state index is 0.0264. The molecule has 2 N–H and O–H groups in total. The van der Waals surface area contributed by atoms with Crippen LogP contribution in [-0.4, -0.2) is 24.5 Å². The molecule has 168 valence electrons. The Hall–Kier alpha value is -2.04. The maximum atomic E-state index is 13.0. The minimum atomic E-state index is -0.137. The molecule has 1 aromatic carbocycles. The van der Waals surface area contributed by atoms with Gasteiger partial charge in [0.15, 0.2) is 0 Å². The molecule has 1 aromatic rings. The second-order valence-electron chi connectivity index (χ2n) is 10.6. The molecule has 4 bridgehead atoms. The van der Waals surface area contributed by atoms with E-state index in [4.69, 9.17) is 4.74 Å². The lowest BCUT2D eigenvalue weighted by atomic mass is 9.49. The Kier molecular flexibility index (Phi) is 5.94. The molecule has 0 atom stereocenters. The number of hydrogen-bond donors (Lipinski definition) is 2. The molecule has 5 nitrogen and oxygen atoms in total. The van der Waals surface area contributed by atoms with Gasteiger partial charge in [-0.25, -0.2) is 0 Å². The summed E-state index contributed by atoms with van der Waals surface area (Å²) in [5.74, 6) is 3.33. The molecular formula is C26H36N2O3. The fourth-order valence-electron chi connectivity index (χ4n) is 7.10. The Morgan fingerprint density at radius 1 is 0.935 bits per heavy atom. The maximum absolute atomic E-state index is 13.0. The van der Waals surface area contributed by atoms with Crippen molar-refractivity contribution in [3.05, 3.63) is 29.8 Å². The van der Waals surface area contributed by atoms with Crippen molar-refractivity contribution in [3.63, 3.8) is 0 Å². The van der Waals surface area contributed by atoms with Crippen molar-refractivity contribution in [3.8, 4) is 5.75 Å². The second kappa shape index (κ2) is 8.84. The minimum Gasteiger partial charge on any atom is -0.490 e. The van der Waals surface area contributed by atoms with Gasteiger partial charge < -0.3 is 15.4 Å². The first-order valence-electron chi connectivity index (χ1n) is 12.4. The highest BCUT2D eigenvalue weighted by Crippen LogP contribution is 2.60. The topological polar surface area (TPSA) is 67.4 Å². The quantitative estimate of drug-likeness (QED) is 0.652. The Morgan fingerprint density at radius 3 is 2.26 bits per heavy atom. The summed E-state index contributed by atoms with van der Waals surface area (Å²) in [6, 6.07) is 7.97. The van der Waals surface area contributed by atoms with Gasteiger partial charge in [0.2, 0.25) is 11.8 Å². The van der Waals surface area contributed by atoms with Gasteiger partial charge in [-0.1, -0.05) is 18.2 Å². The van der Waals surface area contributed by atoms with E-state index in [-0.39, 0.29) is 17.2 Å². The Bertz CT molecular complexity index is 779. The van der Waals surface area contributed by atoms with E-state index in [2.05, 4.69) is 10.6 Å². The van der Waals surface area contributed by atoms with Crippen molar-refractivity contribution >= 4 is 11.8 Å². The first-order valence-corrected chi connectivity index (χ1v) is 12.4. The summed E-state index contributed by atoms with van der Waals surface area (Å²) < 4.78 is 6.16. The molecule has 0 aromatic heterocycles. The molecule has 0 saturated heterocycles.